The monoisotopic (exact) mass is 391 g/mol. The molecular weight excluding hydrogens is 366 g/mol. The Kier molecular flexibility index (Phi) is 5.48. The van der Waals surface area contributed by atoms with Crippen LogP contribution in [0.4, 0.5) is 0 Å². The summed E-state index contributed by atoms with van der Waals surface area (Å²) in [5.74, 6) is 0.573. The largest absolute Gasteiger partial charge is 0.496 e. The molecule has 1 aromatic heterocycles. The molecule has 2 aliphatic rings. The number of pyridine rings is 1. The van der Waals surface area contributed by atoms with Gasteiger partial charge in [-0.3, -0.25) is 9.78 Å². The van der Waals surface area contributed by atoms with Gasteiger partial charge in [0.15, 0.2) is 0 Å². The lowest BCUT2D eigenvalue weighted by Gasteiger charge is -2.37. The number of allylic oxidation sites excluding steroid dienone is 1. The molecule has 2 aliphatic heterocycles. The molecule has 1 amide bonds. The van der Waals surface area contributed by atoms with E-state index in [0.29, 0.717) is 24.5 Å². The second-order valence-electron chi connectivity index (χ2n) is 7.04. The fourth-order valence-electron chi connectivity index (χ4n) is 3.57. The predicted octanol–water partition coefficient (Wildman–Crippen LogP) is 1.80. The smallest absolute Gasteiger partial charge is 0.272 e. The van der Waals surface area contributed by atoms with Crippen LogP contribution in [-0.2, 0) is 0 Å². The molecule has 1 saturated heterocycles. The van der Waals surface area contributed by atoms with Gasteiger partial charge in [0.2, 0.25) is 0 Å². The van der Waals surface area contributed by atoms with Crippen LogP contribution in [0.25, 0.3) is 11.1 Å². The standard InChI is InChI=1S/C22H25N5O2/c1-29-20-13-19(24-15-18(20)16-5-3-2-4-6-16)22(28)27-11-9-26(10-12-27)17-7-8-21(23)25-14-17/h2-8,13-15,21,25H,9-12,23H2,1H3. The van der Waals surface area contributed by atoms with Gasteiger partial charge in [0.05, 0.1) is 19.0 Å². The number of ether oxygens (including phenoxy) is 1. The lowest BCUT2D eigenvalue weighted by atomic mass is 10.1. The number of hydrogen-bond acceptors (Lipinski definition) is 6. The minimum Gasteiger partial charge on any atom is -0.496 e. The molecule has 0 aliphatic carbocycles. The van der Waals surface area contributed by atoms with Crippen molar-refractivity contribution in [1.29, 1.82) is 0 Å². The van der Waals surface area contributed by atoms with Crippen molar-refractivity contribution >= 4 is 5.91 Å². The Balaban J connectivity index is 1.44. The Labute approximate surface area is 170 Å². The normalized spacial score (nSPS) is 18.8. The van der Waals surface area contributed by atoms with E-state index >= 15 is 0 Å². The summed E-state index contributed by atoms with van der Waals surface area (Å²) in [6.45, 7) is 2.80. The highest BCUT2D eigenvalue weighted by atomic mass is 16.5. The fourth-order valence-corrected chi connectivity index (χ4v) is 3.57. The van der Waals surface area contributed by atoms with Crippen molar-refractivity contribution in [2.75, 3.05) is 33.3 Å². The number of carbonyl (C=O) groups excluding carboxylic acids is 1. The predicted molar refractivity (Wildman–Crippen MR) is 112 cm³/mol. The number of amides is 1. The highest BCUT2D eigenvalue weighted by molar-refractivity contribution is 5.93. The number of methoxy groups -OCH3 is 1. The van der Waals surface area contributed by atoms with Crippen molar-refractivity contribution in [2.45, 2.75) is 6.17 Å². The Morgan fingerprint density at radius 3 is 2.62 bits per heavy atom. The Bertz CT molecular complexity index is 933. The summed E-state index contributed by atoms with van der Waals surface area (Å²) >= 11 is 0. The molecule has 0 radical (unpaired) electrons. The first-order chi connectivity index (χ1) is 14.2. The fraction of sp³-hybridized carbons (Fsp3) is 0.273. The number of carbonyl (C=O) groups is 1. The van der Waals surface area contributed by atoms with Gasteiger partial charge in [0, 0.05) is 50.2 Å². The van der Waals surface area contributed by atoms with Gasteiger partial charge >= 0.3 is 0 Å². The SMILES string of the molecule is COc1cc(C(=O)N2CCN(C3=CNC(N)C=C3)CC2)ncc1-c1ccccc1. The molecule has 1 aromatic carbocycles. The molecule has 150 valence electrons. The van der Waals surface area contributed by atoms with Crippen molar-refractivity contribution in [3.63, 3.8) is 0 Å². The zero-order valence-corrected chi connectivity index (χ0v) is 16.4. The number of dihydropyridines is 1. The van der Waals surface area contributed by atoms with Crippen molar-refractivity contribution in [3.8, 4) is 16.9 Å². The van der Waals surface area contributed by atoms with Crippen LogP contribution in [0, 0.1) is 0 Å². The molecule has 3 N–H and O–H groups in total. The summed E-state index contributed by atoms with van der Waals surface area (Å²) in [4.78, 5) is 21.5. The summed E-state index contributed by atoms with van der Waals surface area (Å²) in [5.41, 5.74) is 9.16. The van der Waals surface area contributed by atoms with Crippen molar-refractivity contribution in [3.05, 3.63) is 72.3 Å². The second kappa shape index (κ2) is 8.36. The molecule has 0 bridgehead atoms. The number of nitrogens with two attached hydrogens (primary N) is 1. The zero-order chi connectivity index (χ0) is 20.2. The molecule has 1 atom stereocenters. The van der Waals surface area contributed by atoms with Crippen LogP contribution in [0.3, 0.4) is 0 Å². The summed E-state index contributed by atoms with van der Waals surface area (Å²) < 4.78 is 5.53. The van der Waals surface area contributed by atoms with Crippen molar-refractivity contribution < 1.29 is 9.53 Å². The van der Waals surface area contributed by atoms with Gasteiger partial charge in [-0.1, -0.05) is 30.3 Å². The van der Waals surface area contributed by atoms with Gasteiger partial charge in [0.25, 0.3) is 5.91 Å². The van der Waals surface area contributed by atoms with E-state index in [1.54, 1.807) is 19.4 Å². The summed E-state index contributed by atoms with van der Waals surface area (Å²) in [6, 6.07) is 11.6. The van der Waals surface area contributed by atoms with Gasteiger partial charge in [-0.2, -0.15) is 0 Å². The van der Waals surface area contributed by atoms with Gasteiger partial charge in [-0.15, -0.1) is 0 Å². The topological polar surface area (TPSA) is 83.7 Å². The first-order valence-electron chi connectivity index (χ1n) is 9.69. The van der Waals surface area contributed by atoms with Crippen LogP contribution >= 0.6 is 0 Å². The summed E-state index contributed by atoms with van der Waals surface area (Å²) in [6.07, 6.45) is 7.45. The molecule has 7 heteroatoms. The zero-order valence-electron chi connectivity index (χ0n) is 16.4. The first-order valence-corrected chi connectivity index (χ1v) is 9.69. The average Bonchev–Trinajstić information content (AvgIpc) is 2.79. The van der Waals surface area contributed by atoms with Crippen LogP contribution in [0.5, 0.6) is 5.75 Å². The third-order valence-electron chi connectivity index (χ3n) is 5.22. The molecule has 1 unspecified atom stereocenters. The lowest BCUT2D eigenvalue weighted by Crippen LogP contribution is -2.49. The van der Waals surface area contributed by atoms with Crippen molar-refractivity contribution in [1.82, 2.24) is 20.1 Å². The van der Waals surface area contributed by atoms with Crippen LogP contribution in [0.2, 0.25) is 0 Å². The summed E-state index contributed by atoms with van der Waals surface area (Å²) in [7, 11) is 1.61. The number of aromatic nitrogens is 1. The maximum atomic E-state index is 13.0. The van der Waals surface area contributed by atoms with E-state index in [9.17, 15) is 4.79 Å². The number of nitrogens with zero attached hydrogens (tertiary/aromatic N) is 3. The number of benzene rings is 1. The van der Waals surface area contributed by atoms with E-state index in [2.05, 4.69) is 15.2 Å². The Morgan fingerprint density at radius 2 is 1.97 bits per heavy atom. The van der Waals surface area contributed by atoms with E-state index < -0.39 is 0 Å². The number of nitrogens with one attached hydrogen (secondary N) is 1. The molecule has 2 aromatic rings. The van der Waals surface area contributed by atoms with Gasteiger partial charge in [0.1, 0.15) is 11.4 Å². The van der Waals surface area contributed by atoms with E-state index in [4.69, 9.17) is 10.5 Å². The second-order valence-corrected chi connectivity index (χ2v) is 7.04. The van der Waals surface area contributed by atoms with Gasteiger partial charge < -0.3 is 25.6 Å². The van der Waals surface area contributed by atoms with Crippen LogP contribution in [-0.4, -0.2) is 60.1 Å². The maximum Gasteiger partial charge on any atom is 0.272 e. The average molecular weight is 391 g/mol. The van der Waals surface area contributed by atoms with Gasteiger partial charge in [-0.25, -0.2) is 0 Å². The van der Waals surface area contributed by atoms with Crippen LogP contribution in [0.1, 0.15) is 10.5 Å². The minimum atomic E-state index is -0.137. The molecular formula is C22H25N5O2. The van der Waals surface area contributed by atoms with Crippen LogP contribution in [0.15, 0.2) is 66.6 Å². The molecule has 29 heavy (non-hydrogen) atoms. The van der Waals surface area contributed by atoms with Gasteiger partial charge in [-0.05, 0) is 17.7 Å². The third kappa shape index (κ3) is 4.09. The Morgan fingerprint density at radius 1 is 1.21 bits per heavy atom. The summed E-state index contributed by atoms with van der Waals surface area (Å²) in [5, 5.41) is 3.10. The lowest BCUT2D eigenvalue weighted by molar-refractivity contribution is 0.0665. The Hall–Kier alpha value is -3.32. The highest BCUT2D eigenvalue weighted by Crippen LogP contribution is 2.30. The molecule has 4 rings (SSSR count). The molecule has 3 heterocycles. The molecule has 1 fully saturated rings. The number of rotatable bonds is 4. The van der Waals surface area contributed by atoms with Crippen molar-refractivity contribution in [2.24, 2.45) is 5.73 Å². The quantitative estimate of drug-likeness (QED) is 0.827. The third-order valence-corrected chi connectivity index (χ3v) is 5.22. The number of hydrogen-bond donors (Lipinski definition) is 2. The molecule has 7 nitrogen and oxygen atoms in total. The maximum absolute atomic E-state index is 13.0. The number of piperazine rings is 1. The molecule has 0 saturated carbocycles. The van der Waals surface area contributed by atoms with E-state index in [-0.39, 0.29) is 12.1 Å². The van der Waals surface area contributed by atoms with E-state index in [0.717, 1.165) is 29.9 Å². The minimum absolute atomic E-state index is 0.0733. The van der Waals surface area contributed by atoms with Crippen LogP contribution < -0.4 is 15.8 Å². The first kappa shape index (κ1) is 19.0. The van der Waals surface area contributed by atoms with E-state index in [1.807, 2.05) is 53.6 Å². The van der Waals surface area contributed by atoms with E-state index in [1.165, 1.54) is 0 Å². The molecule has 0 spiro atoms. The highest BCUT2D eigenvalue weighted by Gasteiger charge is 2.25.